The van der Waals surface area contributed by atoms with Gasteiger partial charge < -0.3 is 16.2 Å². The molecule has 5 heteroatoms. The van der Waals surface area contributed by atoms with Gasteiger partial charge >= 0.3 is 5.97 Å². The van der Waals surface area contributed by atoms with Gasteiger partial charge in [-0.05, 0) is 25.8 Å². The lowest BCUT2D eigenvalue weighted by molar-refractivity contribution is 0.0696. The van der Waals surface area contributed by atoms with Crippen LogP contribution in [0.1, 0.15) is 38.9 Å². The van der Waals surface area contributed by atoms with Gasteiger partial charge in [0.1, 0.15) is 0 Å². The monoisotopic (exact) mass is 254 g/mol. The minimum atomic E-state index is -0.825. The highest BCUT2D eigenvalue weighted by molar-refractivity contribution is 7.12. The van der Waals surface area contributed by atoms with Crippen LogP contribution >= 0.6 is 11.3 Å². The molecule has 4 N–H and O–H groups in total. The van der Waals surface area contributed by atoms with Gasteiger partial charge in [-0.2, -0.15) is 0 Å². The van der Waals surface area contributed by atoms with E-state index < -0.39 is 5.97 Å². The predicted molar refractivity (Wildman–Crippen MR) is 68.8 cm³/mol. The first-order valence-corrected chi connectivity index (χ1v) is 6.70. The molecule has 2 atom stereocenters. The SMILES string of the molecule is Cc1sc(C2CCC(CN)NC2)cc1C(=O)O. The molecule has 0 bridgehead atoms. The van der Waals surface area contributed by atoms with Crippen molar-refractivity contribution in [3.8, 4) is 0 Å². The standard InChI is InChI=1S/C12H18N2O2S/c1-7-10(12(15)16)4-11(17-7)8-2-3-9(5-13)14-6-8/h4,8-9,14H,2-3,5-6,13H2,1H3,(H,15,16). The lowest BCUT2D eigenvalue weighted by Crippen LogP contribution is -2.42. The van der Waals surface area contributed by atoms with Crippen molar-refractivity contribution in [3.05, 3.63) is 21.4 Å². The first kappa shape index (κ1) is 12.5. The number of thiophene rings is 1. The maximum atomic E-state index is 11.0. The van der Waals surface area contributed by atoms with Crippen LogP contribution in [0.15, 0.2) is 6.07 Å². The summed E-state index contributed by atoms with van der Waals surface area (Å²) in [6, 6.07) is 2.25. The molecule has 4 nitrogen and oxygen atoms in total. The molecule has 0 aromatic carbocycles. The van der Waals surface area contributed by atoms with Crippen LogP contribution in [0.5, 0.6) is 0 Å². The topological polar surface area (TPSA) is 75.3 Å². The number of aromatic carboxylic acids is 1. The smallest absolute Gasteiger partial charge is 0.336 e. The Labute approximate surface area is 105 Å². The molecular formula is C12H18N2O2S. The maximum absolute atomic E-state index is 11.0. The molecule has 17 heavy (non-hydrogen) atoms. The van der Waals surface area contributed by atoms with Gasteiger partial charge in [0.05, 0.1) is 5.56 Å². The Morgan fingerprint density at radius 3 is 2.88 bits per heavy atom. The average molecular weight is 254 g/mol. The molecule has 1 aliphatic rings. The van der Waals surface area contributed by atoms with E-state index in [1.807, 2.05) is 13.0 Å². The van der Waals surface area contributed by atoms with Gasteiger partial charge in [0.2, 0.25) is 0 Å². The molecule has 2 unspecified atom stereocenters. The Morgan fingerprint density at radius 2 is 2.41 bits per heavy atom. The van der Waals surface area contributed by atoms with Crippen LogP contribution < -0.4 is 11.1 Å². The minimum Gasteiger partial charge on any atom is -0.478 e. The fraction of sp³-hybridized carbons (Fsp3) is 0.583. The Kier molecular flexibility index (Phi) is 3.81. The molecule has 1 aliphatic heterocycles. The number of carboxylic acids is 1. The molecule has 0 aliphatic carbocycles. The van der Waals surface area contributed by atoms with Gasteiger partial charge in [-0.3, -0.25) is 0 Å². The van der Waals surface area contributed by atoms with E-state index in [4.69, 9.17) is 10.8 Å². The molecule has 2 rings (SSSR count). The number of rotatable bonds is 3. The Balaban J connectivity index is 2.08. The highest BCUT2D eigenvalue weighted by Crippen LogP contribution is 2.32. The second-order valence-corrected chi connectivity index (χ2v) is 5.83. The third-order valence-electron chi connectivity index (χ3n) is 3.37. The third-order valence-corrected chi connectivity index (χ3v) is 4.58. The first-order valence-electron chi connectivity index (χ1n) is 5.89. The van der Waals surface area contributed by atoms with Gasteiger partial charge in [-0.15, -0.1) is 11.3 Å². The molecule has 1 aromatic heterocycles. The second-order valence-electron chi connectivity index (χ2n) is 4.54. The van der Waals surface area contributed by atoms with Crippen molar-refractivity contribution in [2.45, 2.75) is 31.7 Å². The van der Waals surface area contributed by atoms with Crippen LogP contribution in [0, 0.1) is 6.92 Å². The zero-order valence-corrected chi connectivity index (χ0v) is 10.7. The number of hydrogen-bond donors (Lipinski definition) is 3. The molecule has 0 amide bonds. The van der Waals surface area contributed by atoms with Crippen LogP contribution in [0.2, 0.25) is 0 Å². The second kappa shape index (κ2) is 5.16. The van der Waals surface area contributed by atoms with Crippen LogP contribution in [0.25, 0.3) is 0 Å². The maximum Gasteiger partial charge on any atom is 0.336 e. The van der Waals surface area contributed by atoms with Crippen molar-refractivity contribution >= 4 is 17.3 Å². The van der Waals surface area contributed by atoms with Crippen molar-refractivity contribution in [3.63, 3.8) is 0 Å². The fourth-order valence-electron chi connectivity index (χ4n) is 2.28. The van der Waals surface area contributed by atoms with Crippen molar-refractivity contribution in [2.24, 2.45) is 5.73 Å². The van der Waals surface area contributed by atoms with Crippen LogP contribution in [-0.2, 0) is 0 Å². The average Bonchev–Trinajstić information content (AvgIpc) is 2.71. The van der Waals surface area contributed by atoms with E-state index in [0.717, 1.165) is 24.3 Å². The van der Waals surface area contributed by atoms with E-state index >= 15 is 0 Å². The van der Waals surface area contributed by atoms with Crippen LogP contribution in [0.3, 0.4) is 0 Å². The molecule has 2 heterocycles. The Morgan fingerprint density at radius 1 is 1.65 bits per heavy atom. The van der Waals surface area contributed by atoms with Gasteiger partial charge in [-0.1, -0.05) is 0 Å². The van der Waals surface area contributed by atoms with Gasteiger partial charge in [0.15, 0.2) is 0 Å². The largest absolute Gasteiger partial charge is 0.478 e. The quantitative estimate of drug-likeness (QED) is 0.765. The number of carbonyl (C=O) groups is 1. The molecule has 94 valence electrons. The summed E-state index contributed by atoms with van der Waals surface area (Å²) in [4.78, 5) is 13.1. The van der Waals surface area contributed by atoms with E-state index in [-0.39, 0.29) is 0 Å². The molecule has 0 spiro atoms. The number of aryl methyl sites for hydroxylation is 1. The minimum absolute atomic E-state index is 0.422. The summed E-state index contributed by atoms with van der Waals surface area (Å²) in [6.45, 7) is 3.45. The summed E-state index contributed by atoms with van der Waals surface area (Å²) in [6.07, 6.45) is 2.16. The highest BCUT2D eigenvalue weighted by Gasteiger charge is 2.23. The first-order chi connectivity index (χ1) is 8.11. The van der Waals surface area contributed by atoms with E-state index in [1.54, 1.807) is 11.3 Å². The number of piperidine rings is 1. The number of carboxylic acid groups (broad SMARTS) is 1. The van der Waals surface area contributed by atoms with Gasteiger partial charge in [0.25, 0.3) is 0 Å². The fourth-order valence-corrected chi connectivity index (χ4v) is 3.43. The summed E-state index contributed by atoms with van der Waals surface area (Å²) in [7, 11) is 0. The third kappa shape index (κ3) is 2.68. The van der Waals surface area contributed by atoms with Crippen LogP contribution in [-0.4, -0.2) is 30.2 Å². The van der Waals surface area contributed by atoms with Crippen molar-refractivity contribution in [2.75, 3.05) is 13.1 Å². The summed E-state index contributed by atoms with van der Waals surface area (Å²) in [5, 5.41) is 12.4. The molecule has 0 saturated carbocycles. The molecule has 1 aromatic rings. The zero-order chi connectivity index (χ0) is 12.4. The summed E-state index contributed by atoms with van der Waals surface area (Å²) >= 11 is 1.61. The summed E-state index contributed by atoms with van der Waals surface area (Å²) < 4.78 is 0. The summed E-state index contributed by atoms with van der Waals surface area (Å²) in [5.41, 5.74) is 6.07. The van der Waals surface area contributed by atoms with E-state index in [2.05, 4.69) is 5.32 Å². The van der Waals surface area contributed by atoms with Gasteiger partial charge in [-0.25, -0.2) is 4.79 Å². The number of nitrogens with one attached hydrogen (secondary N) is 1. The normalized spacial score (nSPS) is 24.8. The van der Waals surface area contributed by atoms with Crippen molar-refractivity contribution < 1.29 is 9.90 Å². The molecule has 1 saturated heterocycles. The van der Waals surface area contributed by atoms with Crippen LogP contribution in [0.4, 0.5) is 0 Å². The van der Waals surface area contributed by atoms with Crippen molar-refractivity contribution in [1.29, 1.82) is 0 Å². The van der Waals surface area contributed by atoms with Crippen molar-refractivity contribution in [1.82, 2.24) is 5.32 Å². The number of nitrogens with two attached hydrogens (primary N) is 1. The number of hydrogen-bond acceptors (Lipinski definition) is 4. The summed E-state index contributed by atoms with van der Waals surface area (Å²) in [5.74, 6) is -0.386. The molecule has 0 radical (unpaired) electrons. The molecule has 1 fully saturated rings. The lowest BCUT2D eigenvalue weighted by Gasteiger charge is -2.28. The lowest BCUT2D eigenvalue weighted by atomic mass is 9.93. The highest BCUT2D eigenvalue weighted by atomic mass is 32.1. The van der Waals surface area contributed by atoms with Gasteiger partial charge in [0, 0.05) is 34.8 Å². The Hall–Kier alpha value is -0.910. The predicted octanol–water partition coefficient (Wildman–Crippen LogP) is 1.55. The molecular weight excluding hydrogens is 236 g/mol. The van der Waals surface area contributed by atoms with E-state index in [0.29, 0.717) is 24.1 Å². The Bertz CT molecular complexity index is 409. The van der Waals surface area contributed by atoms with E-state index in [9.17, 15) is 4.79 Å². The van der Waals surface area contributed by atoms with E-state index in [1.165, 1.54) is 4.88 Å². The zero-order valence-electron chi connectivity index (χ0n) is 9.90.